The molecule has 0 saturated heterocycles. The van der Waals surface area contributed by atoms with Gasteiger partial charge in [-0.1, -0.05) is 6.92 Å². The smallest absolute Gasteiger partial charge is 0.211 e. The van der Waals surface area contributed by atoms with Gasteiger partial charge >= 0.3 is 0 Å². The standard InChI is InChI=1S/C7H14N2O2S/c1-3-6-12(10,11)9-7(2)4-5-8/h7,9H,3-4,6H2,1-2H3. The Kier molecular flexibility index (Phi) is 4.86. The van der Waals surface area contributed by atoms with Gasteiger partial charge in [-0.15, -0.1) is 0 Å². The van der Waals surface area contributed by atoms with Crippen molar-refractivity contribution in [2.45, 2.75) is 32.7 Å². The molecule has 1 unspecified atom stereocenters. The third-order valence-electron chi connectivity index (χ3n) is 1.25. The van der Waals surface area contributed by atoms with E-state index in [1.54, 1.807) is 13.8 Å². The maximum atomic E-state index is 11.1. The van der Waals surface area contributed by atoms with Crippen LogP contribution in [0.25, 0.3) is 0 Å². The van der Waals surface area contributed by atoms with Gasteiger partial charge in [-0.2, -0.15) is 5.26 Å². The second-order valence-corrected chi connectivity index (χ2v) is 4.57. The fourth-order valence-electron chi connectivity index (χ4n) is 0.813. The third kappa shape index (κ3) is 5.10. The van der Waals surface area contributed by atoms with E-state index in [0.29, 0.717) is 6.42 Å². The van der Waals surface area contributed by atoms with Crippen LogP contribution in [0.4, 0.5) is 0 Å². The average molecular weight is 190 g/mol. The van der Waals surface area contributed by atoms with Crippen LogP contribution in [0.3, 0.4) is 0 Å². The lowest BCUT2D eigenvalue weighted by Gasteiger charge is -2.09. The van der Waals surface area contributed by atoms with Crippen LogP contribution < -0.4 is 4.72 Å². The molecule has 0 amide bonds. The van der Waals surface area contributed by atoms with Gasteiger partial charge in [0.2, 0.25) is 10.0 Å². The molecule has 4 nitrogen and oxygen atoms in total. The zero-order valence-corrected chi connectivity index (χ0v) is 8.19. The van der Waals surface area contributed by atoms with Crippen LogP contribution in [0.15, 0.2) is 0 Å². The van der Waals surface area contributed by atoms with Crippen molar-refractivity contribution in [3.05, 3.63) is 0 Å². The molecule has 1 atom stereocenters. The monoisotopic (exact) mass is 190 g/mol. The Morgan fingerprint density at radius 3 is 2.58 bits per heavy atom. The van der Waals surface area contributed by atoms with Crippen LogP contribution in [0, 0.1) is 11.3 Å². The van der Waals surface area contributed by atoms with E-state index in [-0.39, 0.29) is 18.2 Å². The zero-order chi connectivity index (χ0) is 9.61. The van der Waals surface area contributed by atoms with Crippen LogP contribution in [-0.2, 0) is 10.0 Å². The van der Waals surface area contributed by atoms with Crippen molar-refractivity contribution in [2.24, 2.45) is 0 Å². The summed E-state index contributed by atoms with van der Waals surface area (Å²) in [4.78, 5) is 0. The summed E-state index contributed by atoms with van der Waals surface area (Å²) in [6.07, 6.45) is 0.803. The fourth-order valence-corrected chi connectivity index (χ4v) is 2.16. The number of nitrogens with one attached hydrogen (secondary N) is 1. The molecule has 0 fully saturated rings. The summed E-state index contributed by atoms with van der Waals surface area (Å²) in [6.45, 7) is 3.48. The van der Waals surface area contributed by atoms with Crippen molar-refractivity contribution in [3.63, 3.8) is 0 Å². The number of sulfonamides is 1. The number of hydrogen-bond acceptors (Lipinski definition) is 3. The molecule has 0 aliphatic rings. The molecule has 0 spiro atoms. The second kappa shape index (κ2) is 5.12. The fraction of sp³-hybridized carbons (Fsp3) is 0.857. The molecule has 0 radical (unpaired) electrons. The molecule has 0 bridgehead atoms. The number of nitrogens with zero attached hydrogens (tertiary/aromatic N) is 1. The van der Waals surface area contributed by atoms with Crippen LogP contribution in [0.5, 0.6) is 0 Å². The lowest BCUT2D eigenvalue weighted by molar-refractivity contribution is 0.562. The molecule has 0 heterocycles. The molecule has 0 aromatic carbocycles. The first-order valence-corrected chi connectivity index (χ1v) is 5.54. The highest BCUT2D eigenvalue weighted by atomic mass is 32.2. The lowest BCUT2D eigenvalue weighted by atomic mass is 10.3. The molecule has 0 aromatic rings. The van der Waals surface area contributed by atoms with E-state index < -0.39 is 10.0 Å². The predicted octanol–water partition coefficient (Wildman–Crippen LogP) is 0.618. The molecule has 70 valence electrons. The van der Waals surface area contributed by atoms with E-state index in [4.69, 9.17) is 5.26 Å². The number of nitriles is 1. The van der Waals surface area contributed by atoms with E-state index in [1.807, 2.05) is 6.07 Å². The summed E-state index contributed by atoms with van der Waals surface area (Å²) < 4.78 is 24.6. The van der Waals surface area contributed by atoms with Crippen molar-refractivity contribution in [1.29, 1.82) is 5.26 Å². The van der Waals surface area contributed by atoms with Crippen molar-refractivity contribution >= 4 is 10.0 Å². The van der Waals surface area contributed by atoms with Crippen LogP contribution in [0.1, 0.15) is 26.7 Å². The topological polar surface area (TPSA) is 70.0 Å². The first-order chi connectivity index (χ1) is 5.52. The number of rotatable bonds is 5. The quantitative estimate of drug-likeness (QED) is 0.690. The van der Waals surface area contributed by atoms with Gasteiger partial charge in [0.25, 0.3) is 0 Å². The van der Waals surface area contributed by atoms with Gasteiger partial charge in [0, 0.05) is 6.04 Å². The van der Waals surface area contributed by atoms with Gasteiger partial charge < -0.3 is 0 Å². The second-order valence-electron chi connectivity index (χ2n) is 2.70. The normalized spacial score (nSPS) is 13.8. The molecule has 0 aliphatic heterocycles. The summed E-state index contributed by atoms with van der Waals surface area (Å²) in [6, 6.07) is 1.62. The summed E-state index contributed by atoms with van der Waals surface area (Å²) >= 11 is 0. The molecule has 0 saturated carbocycles. The Balaban J connectivity index is 3.99. The minimum Gasteiger partial charge on any atom is -0.212 e. The molecule has 5 heteroatoms. The molecular formula is C7H14N2O2S. The average Bonchev–Trinajstić information content (AvgIpc) is 1.85. The molecular weight excluding hydrogens is 176 g/mol. The summed E-state index contributed by atoms with van der Waals surface area (Å²) in [5.41, 5.74) is 0. The highest BCUT2D eigenvalue weighted by Crippen LogP contribution is 1.94. The van der Waals surface area contributed by atoms with Crippen molar-refractivity contribution in [3.8, 4) is 6.07 Å². The van der Waals surface area contributed by atoms with Crippen LogP contribution in [-0.4, -0.2) is 20.2 Å². The van der Waals surface area contributed by atoms with E-state index in [9.17, 15) is 8.42 Å². The summed E-state index contributed by atoms with van der Waals surface area (Å²) in [5, 5.41) is 8.28. The molecule has 0 aromatic heterocycles. The molecule has 12 heavy (non-hydrogen) atoms. The third-order valence-corrected chi connectivity index (χ3v) is 2.96. The number of hydrogen-bond donors (Lipinski definition) is 1. The maximum Gasteiger partial charge on any atom is 0.211 e. The highest BCUT2D eigenvalue weighted by molar-refractivity contribution is 7.89. The minimum absolute atomic E-state index is 0.128. The van der Waals surface area contributed by atoms with Crippen molar-refractivity contribution in [2.75, 3.05) is 5.75 Å². The van der Waals surface area contributed by atoms with Crippen LogP contribution in [0.2, 0.25) is 0 Å². The highest BCUT2D eigenvalue weighted by Gasteiger charge is 2.12. The van der Waals surface area contributed by atoms with E-state index in [1.165, 1.54) is 0 Å². The van der Waals surface area contributed by atoms with Gasteiger partial charge in [-0.3, -0.25) is 0 Å². The SMILES string of the molecule is CCCS(=O)(=O)NC(C)CC#N. The lowest BCUT2D eigenvalue weighted by Crippen LogP contribution is -2.33. The van der Waals surface area contributed by atoms with Gasteiger partial charge in [0.05, 0.1) is 18.2 Å². The molecule has 0 aliphatic carbocycles. The first-order valence-electron chi connectivity index (χ1n) is 3.88. The Bertz CT molecular complexity index is 253. The van der Waals surface area contributed by atoms with Crippen molar-refractivity contribution < 1.29 is 8.42 Å². The largest absolute Gasteiger partial charge is 0.212 e. The van der Waals surface area contributed by atoms with E-state index in [0.717, 1.165) is 0 Å². The van der Waals surface area contributed by atoms with Crippen LogP contribution >= 0.6 is 0 Å². The zero-order valence-electron chi connectivity index (χ0n) is 7.37. The Morgan fingerprint density at radius 1 is 1.58 bits per heavy atom. The Hall–Kier alpha value is -0.600. The maximum absolute atomic E-state index is 11.1. The predicted molar refractivity (Wildman–Crippen MR) is 46.9 cm³/mol. The van der Waals surface area contributed by atoms with E-state index >= 15 is 0 Å². The summed E-state index contributed by atoms with van der Waals surface area (Å²) in [7, 11) is -3.15. The summed E-state index contributed by atoms with van der Waals surface area (Å²) in [5.74, 6) is 0.128. The van der Waals surface area contributed by atoms with Gasteiger partial charge in [-0.05, 0) is 13.3 Å². The first kappa shape index (κ1) is 11.4. The van der Waals surface area contributed by atoms with E-state index in [2.05, 4.69) is 4.72 Å². The Morgan fingerprint density at radius 2 is 2.17 bits per heavy atom. The van der Waals surface area contributed by atoms with Gasteiger partial charge in [0.15, 0.2) is 0 Å². The van der Waals surface area contributed by atoms with Gasteiger partial charge in [0.1, 0.15) is 0 Å². The van der Waals surface area contributed by atoms with Gasteiger partial charge in [-0.25, -0.2) is 13.1 Å². The minimum atomic E-state index is -3.15. The Labute approximate surface area is 73.6 Å². The molecule has 1 N–H and O–H groups in total. The van der Waals surface area contributed by atoms with Crippen molar-refractivity contribution in [1.82, 2.24) is 4.72 Å². The molecule has 0 rings (SSSR count).